The molecule has 0 aliphatic heterocycles. The van der Waals surface area contributed by atoms with E-state index in [9.17, 15) is 19.2 Å². The van der Waals surface area contributed by atoms with Crippen molar-refractivity contribution < 1.29 is 23.9 Å². The van der Waals surface area contributed by atoms with Crippen molar-refractivity contribution >= 4 is 58.5 Å². The molecule has 0 saturated heterocycles. The molecule has 0 aliphatic carbocycles. The number of methoxy groups -OCH3 is 1. The second kappa shape index (κ2) is 12.4. The number of hydrogen-bond acceptors (Lipinski definition) is 6. The van der Waals surface area contributed by atoms with Crippen molar-refractivity contribution in [3.05, 3.63) is 63.6 Å². The Bertz CT molecular complexity index is 1090. The summed E-state index contributed by atoms with van der Waals surface area (Å²) in [6.45, 7) is -0.747. The first-order valence-corrected chi connectivity index (χ1v) is 10.5. The number of nitrogens with one attached hydrogen (secondary N) is 5. The van der Waals surface area contributed by atoms with Gasteiger partial charge >= 0.3 is 5.97 Å². The van der Waals surface area contributed by atoms with Crippen molar-refractivity contribution in [3.63, 3.8) is 0 Å². The van der Waals surface area contributed by atoms with Crippen molar-refractivity contribution in [2.75, 3.05) is 25.5 Å². The molecule has 2 aromatic carbocycles. The molecule has 1 unspecified atom stereocenters. The van der Waals surface area contributed by atoms with Gasteiger partial charge in [0.1, 0.15) is 6.04 Å². The third-order valence-corrected chi connectivity index (χ3v) is 4.96. The summed E-state index contributed by atoms with van der Waals surface area (Å²) in [5, 5.41) is 17.3. The molecule has 0 fully saturated rings. The molecule has 3 amide bonds. The van der Waals surface area contributed by atoms with Crippen molar-refractivity contribution in [1.82, 2.24) is 16.0 Å². The fourth-order valence-electron chi connectivity index (χ4n) is 2.75. The minimum Gasteiger partial charge on any atom is -0.467 e. The van der Waals surface area contributed by atoms with Crippen LogP contribution in [0.25, 0.3) is 0 Å². The number of carbonyl (C=O) groups excluding carboxylic acids is 4. The van der Waals surface area contributed by atoms with Crippen molar-refractivity contribution in [3.8, 4) is 0 Å². The molecule has 1 atom stereocenters. The lowest BCUT2D eigenvalue weighted by molar-refractivity contribution is -0.142. The van der Waals surface area contributed by atoms with Gasteiger partial charge in [-0.1, -0.05) is 41.4 Å². The molecule has 2 aromatic rings. The van der Waals surface area contributed by atoms with Crippen LogP contribution < -0.4 is 27.0 Å². The molecule has 2 rings (SSSR count). The minimum atomic E-state index is -1.25. The zero-order valence-electron chi connectivity index (χ0n) is 17.9. The maximum absolute atomic E-state index is 12.6. The van der Waals surface area contributed by atoms with Gasteiger partial charge in [0.05, 0.1) is 40.5 Å². The van der Waals surface area contributed by atoms with Crippen molar-refractivity contribution in [2.45, 2.75) is 6.04 Å². The zero-order valence-corrected chi connectivity index (χ0v) is 19.4. The summed E-state index contributed by atoms with van der Waals surface area (Å²) in [7, 11) is 1.12. The van der Waals surface area contributed by atoms with Crippen LogP contribution in [0.2, 0.25) is 10.0 Å². The summed E-state index contributed by atoms with van der Waals surface area (Å²) in [5.74, 6) is -3.13. The predicted molar refractivity (Wildman–Crippen MR) is 127 cm³/mol. The van der Waals surface area contributed by atoms with E-state index in [0.29, 0.717) is 5.69 Å². The number of halogens is 2. The molecule has 34 heavy (non-hydrogen) atoms. The highest BCUT2D eigenvalue weighted by molar-refractivity contribution is 6.39. The molecule has 0 saturated carbocycles. The Morgan fingerprint density at radius 1 is 1.00 bits per heavy atom. The Morgan fingerprint density at radius 3 is 2.26 bits per heavy atom. The van der Waals surface area contributed by atoms with Gasteiger partial charge in [0.25, 0.3) is 11.8 Å². The maximum atomic E-state index is 12.6. The maximum Gasteiger partial charge on any atom is 0.330 e. The number of carbonyl (C=O) groups is 4. The summed E-state index contributed by atoms with van der Waals surface area (Å²) in [6.07, 6.45) is 0. The monoisotopic (exact) mass is 508 g/mol. The fraction of sp³-hybridized carbons (Fsp3) is 0.190. The standard InChI is InChI=1S/C21H22Cl2N6O5/c1-34-20(33)15(28-19(32)17-12(22)6-4-7-13(17)23)9-26-16(30)10-27-18(31)11-5-2-3-8-14(11)29-21(24)25/h2-8,15H,9-10H2,1H3,(H,26,30)(H,27,31)(H,28,32)(H4,24,25,29). The molecule has 7 N–H and O–H groups in total. The molecule has 0 aliphatic rings. The van der Waals surface area contributed by atoms with E-state index in [2.05, 4.69) is 26.0 Å². The topological polar surface area (TPSA) is 176 Å². The van der Waals surface area contributed by atoms with Crippen LogP contribution in [0, 0.1) is 5.41 Å². The third-order valence-electron chi connectivity index (χ3n) is 4.33. The zero-order chi connectivity index (χ0) is 25.3. The Morgan fingerprint density at radius 2 is 1.65 bits per heavy atom. The SMILES string of the molecule is COC(=O)C(CNC(=O)CNC(=O)c1ccccc1NC(=N)N)NC(=O)c1c(Cl)cccc1Cl. The van der Waals surface area contributed by atoms with Crippen LogP contribution in [0.5, 0.6) is 0 Å². The first-order chi connectivity index (χ1) is 16.1. The van der Waals surface area contributed by atoms with Crippen molar-refractivity contribution in [2.24, 2.45) is 5.73 Å². The lowest BCUT2D eigenvalue weighted by Crippen LogP contribution is -2.50. The van der Waals surface area contributed by atoms with Gasteiger partial charge in [0.2, 0.25) is 5.91 Å². The first-order valence-electron chi connectivity index (χ1n) is 9.71. The predicted octanol–water partition coefficient (Wildman–Crippen LogP) is 1.12. The van der Waals surface area contributed by atoms with E-state index in [4.69, 9.17) is 34.3 Å². The Kier molecular flexibility index (Phi) is 9.65. The molecule has 0 radical (unpaired) electrons. The molecule has 180 valence electrons. The number of para-hydroxylation sites is 1. The average molecular weight is 509 g/mol. The summed E-state index contributed by atoms with van der Waals surface area (Å²) < 4.78 is 4.67. The highest BCUT2D eigenvalue weighted by atomic mass is 35.5. The number of benzene rings is 2. The Balaban J connectivity index is 1.97. The van der Waals surface area contributed by atoms with Crippen LogP contribution in [0.4, 0.5) is 5.69 Å². The molecule has 0 aromatic heterocycles. The van der Waals surface area contributed by atoms with Gasteiger partial charge in [-0.05, 0) is 24.3 Å². The number of esters is 1. The van der Waals surface area contributed by atoms with Crippen LogP contribution in [-0.2, 0) is 14.3 Å². The second-order valence-electron chi connectivity index (χ2n) is 6.72. The molecular weight excluding hydrogens is 487 g/mol. The summed E-state index contributed by atoms with van der Waals surface area (Å²) >= 11 is 12.0. The summed E-state index contributed by atoms with van der Waals surface area (Å²) in [5.41, 5.74) is 5.73. The lowest BCUT2D eigenvalue weighted by Gasteiger charge is -2.18. The van der Waals surface area contributed by atoms with Gasteiger partial charge < -0.3 is 31.7 Å². The molecular formula is C21H22Cl2N6O5. The van der Waals surface area contributed by atoms with Crippen LogP contribution in [0.15, 0.2) is 42.5 Å². The quantitative estimate of drug-likeness (QED) is 0.167. The fourth-order valence-corrected chi connectivity index (χ4v) is 3.32. The van der Waals surface area contributed by atoms with Gasteiger partial charge in [-0.3, -0.25) is 19.8 Å². The van der Waals surface area contributed by atoms with E-state index >= 15 is 0 Å². The molecule has 11 nitrogen and oxygen atoms in total. The van der Waals surface area contributed by atoms with Crippen LogP contribution in [-0.4, -0.2) is 55.9 Å². The van der Waals surface area contributed by atoms with E-state index in [-0.39, 0.29) is 33.7 Å². The smallest absolute Gasteiger partial charge is 0.330 e. The van der Waals surface area contributed by atoms with Gasteiger partial charge in [-0.15, -0.1) is 0 Å². The second-order valence-corrected chi connectivity index (χ2v) is 7.53. The van der Waals surface area contributed by atoms with E-state index in [0.717, 1.165) is 7.11 Å². The first kappa shape index (κ1) is 26.4. The van der Waals surface area contributed by atoms with E-state index in [1.807, 2.05) is 0 Å². The molecule has 0 spiro atoms. The van der Waals surface area contributed by atoms with E-state index in [1.165, 1.54) is 18.2 Å². The largest absolute Gasteiger partial charge is 0.467 e. The number of rotatable bonds is 9. The number of guanidine groups is 1. The number of ether oxygens (including phenoxy) is 1. The highest BCUT2D eigenvalue weighted by Gasteiger charge is 2.25. The average Bonchev–Trinajstić information content (AvgIpc) is 2.79. The van der Waals surface area contributed by atoms with Gasteiger partial charge in [-0.2, -0.15) is 0 Å². The molecule has 13 heteroatoms. The number of anilines is 1. The van der Waals surface area contributed by atoms with Gasteiger partial charge in [0.15, 0.2) is 5.96 Å². The molecule has 0 bridgehead atoms. The van der Waals surface area contributed by atoms with Crippen LogP contribution in [0.1, 0.15) is 20.7 Å². The Hall–Kier alpha value is -3.83. The van der Waals surface area contributed by atoms with Crippen LogP contribution >= 0.6 is 23.2 Å². The highest BCUT2D eigenvalue weighted by Crippen LogP contribution is 2.24. The third kappa shape index (κ3) is 7.36. The number of nitrogens with two attached hydrogens (primary N) is 1. The lowest BCUT2D eigenvalue weighted by atomic mass is 10.1. The minimum absolute atomic E-state index is 0.0313. The molecule has 0 heterocycles. The van der Waals surface area contributed by atoms with E-state index in [1.54, 1.807) is 24.3 Å². The van der Waals surface area contributed by atoms with Gasteiger partial charge in [0, 0.05) is 6.54 Å². The summed E-state index contributed by atoms with van der Waals surface area (Å²) in [6, 6.07) is 9.52. The van der Waals surface area contributed by atoms with Crippen molar-refractivity contribution in [1.29, 1.82) is 5.41 Å². The summed E-state index contributed by atoms with van der Waals surface area (Å²) in [4.78, 5) is 49.3. The normalized spacial score (nSPS) is 11.0. The number of amides is 3. The van der Waals surface area contributed by atoms with Crippen LogP contribution in [0.3, 0.4) is 0 Å². The Labute approximate surface area is 204 Å². The van der Waals surface area contributed by atoms with Gasteiger partial charge in [-0.25, -0.2) is 4.79 Å². The van der Waals surface area contributed by atoms with E-state index < -0.39 is 36.3 Å². The number of hydrogen-bond donors (Lipinski definition) is 6.